The second-order valence-corrected chi connectivity index (χ2v) is 14.5. The van der Waals surface area contributed by atoms with Crippen molar-refractivity contribution in [2.24, 2.45) is 0 Å². The van der Waals surface area contributed by atoms with Crippen LogP contribution in [-0.4, -0.2) is 41.0 Å². The Morgan fingerprint density at radius 2 is 0.926 bits per heavy atom. The van der Waals surface area contributed by atoms with Gasteiger partial charge in [0.15, 0.2) is 6.10 Å². The summed E-state index contributed by atoms with van der Waals surface area (Å²) < 4.78 is 26.3. The van der Waals surface area contributed by atoms with Gasteiger partial charge in [0.2, 0.25) is 0 Å². The average molecular weight is 773 g/mol. The standard InChI is InChI=1S/C45H73O8P/c1-3-5-7-9-11-13-15-17-18-19-20-21-22-23-24-25-26-28-29-31-33-35-37-39-44(46)51-41-43(42-52-54(48,49)50)53-45(47)40-38-36-34-32-30-27-16-14-12-10-8-6-4-2/h5,7,11,13,17-18,20-21,23-24,26-28,30,34,36,43H,3-4,6,8-10,12,14-16,19,22,25,29,31-33,35,37-42H2,1-2H3,(H2,48,49,50)/b7-5+,13-11+,18-17+,21-20+,24-23+,28-26+,30-27+,36-34+. The fraction of sp³-hybridized carbons (Fsp3) is 0.600. The fourth-order valence-corrected chi connectivity index (χ4v) is 5.43. The molecule has 2 N–H and O–H groups in total. The van der Waals surface area contributed by atoms with Crippen molar-refractivity contribution in [1.82, 2.24) is 0 Å². The molecule has 0 bridgehead atoms. The number of allylic oxidation sites excluding steroid dienone is 16. The molecule has 0 amide bonds. The fourth-order valence-electron chi connectivity index (χ4n) is 5.07. The molecule has 9 heteroatoms. The number of unbranched alkanes of at least 4 members (excludes halogenated alkanes) is 10. The van der Waals surface area contributed by atoms with Crippen LogP contribution in [0.2, 0.25) is 0 Å². The summed E-state index contributed by atoms with van der Waals surface area (Å²) in [5.74, 6) is -1.00. The van der Waals surface area contributed by atoms with Gasteiger partial charge in [-0.1, -0.05) is 156 Å². The molecule has 0 aliphatic carbocycles. The van der Waals surface area contributed by atoms with E-state index < -0.39 is 32.5 Å². The lowest BCUT2D eigenvalue weighted by Crippen LogP contribution is -2.29. The SMILES string of the molecule is CC/C=C/C/C=C/C/C=C/C/C=C/C/C=C/C/C=C/CCCCCCC(=O)OCC(COP(=O)(O)O)OC(=O)CC/C=C/C/C=C/CCCCCCCC. The molecule has 54 heavy (non-hydrogen) atoms. The zero-order chi connectivity index (χ0) is 39.6. The van der Waals surface area contributed by atoms with E-state index in [0.717, 1.165) is 77.0 Å². The van der Waals surface area contributed by atoms with Gasteiger partial charge in [-0.25, -0.2) is 4.57 Å². The summed E-state index contributed by atoms with van der Waals surface area (Å²) >= 11 is 0. The molecule has 0 saturated carbocycles. The van der Waals surface area contributed by atoms with E-state index in [1.807, 2.05) is 12.2 Å². The molecule has 1 unspecified atom stereocenters. The van der Waals surface area contributed by atoms with Gasteiger partial charge >= 0.3 is 19.8 Å². The van der Waals surface area contributed by atoms with Crippen molar-refractivity contribution in [3.8, 4) is 0 Å². The Morgan fingerprint density at radius 1 is 0.500 bits per heavy atom. The number of ether oxygens (including phenoxy) is 2. The molecule has 306 valence electrons. The number of hydrogen-bond donors (Lipinski definition) is 2. The molecule has 0 aromatic carbocycles. The van der Waals surface area contributed by atoms with E-state index in [-0.39, 0.29) is 19.4 Å². The van der Waals surface area contributed by atoms with E-state index >= 15 is 0 Å². The van der Waals surface area contributed by atoms with Gasteiger partial charge in [-0.05, 0) is 83.5 Å². The molecule has 0 aromatic heterocycles. The minimum Gasteiger partial charge on any atom is -0.462 e. The van der Waals surface area contributed by atoms with Crippen LogP contribution in [0.5, 0.6) is 0 Å². The Morgan fingerprint density at radius 3 is 1.41 bits per heavy atom. The summed E-state index contributed by atoms with van der Waals surface area (Å²) in [5, 5.41) is 0. The van der Waals surface area contributed by atoms with E-state index in [0.29, 0.717) is 12.8 Å². The predicted molar refractivity (Wildman–Crippen MR) is 225 cm³/mol. The van der Waals surface area contributed by atoms with Crippen molar-refractivity contribution in [2.75, 3.05) is 13.2 Å². The van der Waals surface area contributed by atoms with Crippen LogP contribution in [0.4, 0.5) is 0 Å². The van der Waals surface area contributed by atoms with Gasteiger partial charge in [0.1, 0.15) is 6.61 Å². The topological polar surface area (TPSA) is 119 Å². The van der Waals surface area contributed by atoms with Crippen LogP contribution in [0.15, 0.2) is 97.2 Å². The maximum absolute atomic E-state index is 12.3. The third kappa shape index (κ3) is 41.7. The normalized spacial score (nSPS) is 13.5. The molecular formula is C45H73O8P. The van der Waals surface area contributed by atoms with Crippen LogP contribution in [0.3, 0.4) is 0 Å². The minimum atomic E-state index is -4.78. The molecule has 0 radical (unpaired) electrons. The van der Waals surface area contributed by atoms with E-state index in [2.05, 4.69) is 103 Å². The molecular weight excluding hydrogens is 699 g/mol. The lowest BCUT2D eigenvalue weighted by molar-refractivity contribution is -0.161. The molecule has 0 fully saturated rings. The molecule has 0 spiro atoms. The van der Waals surface area contributed by atoms with Gasteiger partial charge in [-0.2, -0.15) is 0 Å². The number of phosphoric ester groups is 1. The molecule has 1 atom stereocenters. The number of esters is 2. The van der Waals surface area contributed by atoms with E-state index in [4.69, 9.17) is 19.3 Å². The maximum atomic E-state index is 12.3. The van der Waals surface area contributed by atoms with Crippen molar-refractivity contribution < 1.29 is 37.9 Å². The van der Waals surface area contributed by atoms with Crippen LogP contribution in [-0.2, 0) is 28.2 Å². The minimum absolute atomic E-state index is 0.0941. The molecule has 0 aliphatic rings. The summed E-state index contributed by atoms with van der Waals surface area (Å²) in [4.78, 5) is 42.7. The quantitative estimate of drug-likeness (QED) is 0.0280. The molecule has 8 nitrogen and oxygen atoms in total. The smallest absolute Gasteiger partial charge is 0.462 e. The van der Waals surface area contributed by atoms with Crippen LogP contribution >= 0.6 is 7.82 Å². The number of carbonyl (C=O) groups excluding carboxylic acids is 2. The first-order chi connectivity index (χ1) is 26.3. The van der Waals surface area contributed by atoms with Crippen molar-refractivity contribution in [1.29, 1.82) is 0 Å². The predicted octanol–water partition coefficient (Wildman–Crippen LogP) is 12.6. The molecule has 0 rings (SSSR count). The third-order valence-electron chi connectivity index (χ3n) is 8.10. The van der Waals surface area contributed by atoms with Crippen molar-refractivity contribution >= 4 is 19.8 Å². The second kappa shape index (κ2) is 39.7. The lowest BCUT2D eigenvalue weighted by atomic mass is 10.1. The molecule has 0 aromatic rings. The van der Waals surface area contributed by atoms with Crippen molar-refractivity contribution in [3.63, 3.8) is 0 Å². The van der Waals surface area contributed by atoms with Gasteiger partial charge in [0.05, 0.1) is 6.61 Å². The highest BCUT2D eigenvalue weighted by molar-refractivity contribution is 7.46. The highest BCUT2D eigenvalue weighted by Gasteiger charge is 2.22. The highest BCUT2D eigenvalue weighted by atomic mass is 31.2. The Balaban J connectivity index is 4.06. The number of hydrogen-bond acceptors (Lipinski definition) is 6. The Kier molecular flexibility index (Phi) is 37.4. The summed E-state index contributed by atoms with van der Waals surface area (Å²) in [6.07, 6.45) is 54.3. The van der Waals surface area contributed by atoms with Crippen molar-refractivity contribution in [3.05, 3.63) is 97.2 Å². The first-order valence-electron chi connectivity index (χ1n) is 20.5. The monoisotopic (exact) mass is 773 g/mol. The average Bonchev–Trinajstić information content (AvgIpc) is 3.14. The third-order valence-corrected chi connectivity index (χ3v) is 8.59. The van der Waals surface area contributed by atoms with Crippen LogP contribution in [0.1, 0.15) is 155 Å². The van der Waals surface area contributed by atoms with Crippen molar-refractivity contribution in [2.45, 2.75) is 161 Å². The zero-order valence-electron chi connectivity index (χ0n) is 33.6. The highest BCUT2D eigenvalue weighted by Crippen LogP contribution is 2.35. The number of phosphoric acid groups is 1. The lowest BCUT2D eigenvalue weighted by Gasteiger charge is -2.18. The Labute approximate surface area is 328 Å². The van der Waals surface area contributed by atoms with Crippen LogP contribution in [0, 0.1) is 0 Å². The van der Waals surface area contributed by atoms with E-state index in [1.165, 1.54) is 38.5 Å². The van der Waals surface area contributed by atoms with Gasteiger partial charge < -0.3 is 19.3 Å². The van der Waals surface area contributed by atoms with Gasteiger partial charge in [-0.3, -0.25) is 14.1 Å². The maximum Gasteiger partial charge on any atom is 0.469 e. The first-order valence-corrected chi connectivity index (χ1v) is 22.1. The van der Waals surface area contributed by atoms with Crippen LogP contribution < -0.4 is 0 Å². The zero-order valence-corrected chi connectivity index (χ0v) is 34.5. The summed E-state index contributed by atoms with van der Waals surface area (Å²) in [6.45, 7) is 3.47. The summed E-state index contributed by atoms with van der Waals surface area (Å²) in [7, 11) is -4.78. The largest absolute Gasteiger partial charge is 0.469 e. The summed E-state index contributed by atoms with van der Waals surface area (Å²) in [5.41, 5.74) is 0. The van der Waals surface area contributed by atoms with Gasteiger partial charge in [0, 0.05) is 12.8 Å². The molecule has 0 saturated heterocycles. The summed E-state index contributed by atoms with van der Waals surface area (Å²) in [6, 6.07) is 0. The first kappa shape index (κ1) is 51.0. The van der Waals surface area contributed by atoms with Crippen LogP contribution in [0.25, 0.3) is 0 Å². The number of carbonyl (C=O) groups is 2. The van der Waals surface area contributed by atoms with Gasteiger partial charge in [-0.15, -0.1) is 0 Å². The van der Waals surface area contributed by atoms with E-state index in [9.17, 15) is 14.2 Å². The Bertz CT molecular complexity index is 1190. The Hall–Kier alpha value is -3.03. The molecule has 0 heterocycles. The molecule has 0 aliphatic heterocycles. The van der Waals surface area contributed by atoms with E-state index in [1.54, 1.807) is 0 Å². The second-order valence-electron chi connectivity index (χ2n) is 13.2. The number of rotatable bonds is 36. The van der Waals surface area contributed by atoms with Gasteiger partial charge in [0.25, 0.3) is 0 Å².